The first-order chi connectivity index (χ1) is 24.7. The van der Waals surface area contributed by atoms with Gasteiger partial charge >= 0.3 is 11.9 Å². The van der Waals surface area contributed by atoms with E-state index in [-0.39, 0.29) is 17.3 Å². The molecular formula is C39H32Cl4N4O4. The predicted molar refractivity (Wildman–Crippen MR) is 206 cm³/mol. The van der Waals surface area contributed by atoms with Gasteiger partial charge in [-0.15, -0.1) is 0 Å². The van der Waals surface area contributed by atoms with Gasteiger partial charge in [0.25, 0.3) is 0 Å². The Morgan fingerprint density at radius 2 is 1.10 bits per heavy atom. The van der Waals surface area contributed by atoms with Crippen LogP contribution in [-0.2, 0) is 0 Å². The first-order valence-corrected chi connectivity index (χ1v) is 18.3. The van der Waals surface area contributed by atoms with Gasteiger partial charge in [0.1, 0.15) is 0 Å². The van der Waals surface area contributed by atoms with Crippen molar-refractivity contribution in [3.8, 4) is 11.4 Å². The minimum Gasteiger partial charge on any atom is -0.476 e. The third-order valence-corrected chi connectivity index (χ3v) is 11.8. The van der Waals surface area contributed by atoms with Crippen molar-refractivity contribution in [3.05, 3.63) is 116 Å². The number of hydrogen-bond acceptors (Lipinski definition) is 4. The molecule has 1 atom stereocenters. The number of piperidine rings is 1. The van der Waals surface area contributed by atoms with Gasteiger partial charge in [0.2, 0.25) is 0 Å². The first-order valence-electron chi connectivity index (χ1n) is 16.8. The minimum atomic E-state index is -1.07. The Kier molecular flexibility index (Phi) is 8.83. The van der Waals surface area contributed by atoms with E-state index in [0.29, 0.717) is 77.7 Å². The molecule has 0 saturated carbocycles. The number of nitrogens with zero attached hydrogens (tertiary/aromatic N) is 4. The van der Waals surface area contributed by atoms with Crippen LogP contribution in [0.25, 0.3) is 33.2 Å². The highest BCUT2D eigenvalue weighted by molar-refractivity contribution is 6.47. The number of fused-ring (bicyclic) bond motifs is 2. The smallest absolute Gasteiger partial charge is 0.355 e. The van der Waals surface area contributed by atoms with Crippen molar-refractivity contribution >= 4 is 91.5 Å². The van der Waals surface area contributed by atoms with E-state index in [1.165, 1.54) is 0 Å². The molecule has 2 fully saturated rings. The Balaban J connectivity index is 1.18. The fourth-order valence-corrected chi connectivity index (χ4v) is 8.78. The van der Waals surface area contributed by atoms with Crippen molar-refractivity contribution in [2.75, 3.05) is 36.0 Å². The summed E-state index contributed by atoms with van der Waals surface area (Å²) < 4.78 is 3.49. The number of rotatable bonds is 7. The molecule has 4 heterocycles. The molecule has 0 bridgehead atoms. The van der Waals surface area contributed by atoms with Crippen LogP contribution >= 0.6 is 46.4 Å². The molecule has 8 nitrogen and oxygen atoms in total. The van der Waals surface area contributed by atoms with Gasteiger partial charge < -0.3 is 29.1 Å². The Morgan fingerprint density at radius 3 is 1.63 bits per heavy atom. The molecule has 0 spiro atoms. The minimum absolute atomic E-state index is 0.0753. The van der Waals surface area contributed by atoms with E-state index in [2.05, 4.69) is 9.80 Å². The lowest BCUT2D eigenvalue weighted by molar-refractivity contribution is 0.0678. The molecule has 51 heavy (non-hydrogen) atoms. The van der Waals surface area contributed by atoms with E-state index in [1.54, 1.807) is 21.3 Å². The Hall–Kier alpha value is -4.34. The summed E-state index contributed by atoms with van der Waals surface area (Å²) in [5, 5.41) is 23.9. The van der Waals surface area contributed by atoms with Gasteiger partial charge in [-0.05, 0) is 79.8 Å². The second-order valence-corrected chi connectivity index (χ2v) is 14.7. The van der Waals surface area contributed by atoms with Crippen LogP contribution in [-0.4, -0.2) is 57.5 Å². The van der Waals surface area contributed by atoms with Crippen molar-refractivity contribution in [2.24, 2.45) is 0 Å². The summed E-state index contributed by atoms with van der Waals surface area (Å²) in [6.45, 7) is 2.64. The second-order valence-electron chi connectivity index (χ2n) is 13.1. The van der Waals surface area contributed by atoms with Gasteiger partial charge in [-0.1, -0.05) is 76.7 Å². The van der Waals surface area contributed by atoms with Crippen LogP contribution in [0.3, 0.4) is 0 Å². The Bertz CT molecular complexity index is 2350. The molecule has 2 aliphatic heterocycles. The van der Waals surface area contributed by atoms with Gasteiger partial charge in [0, 0.05) is 54.2 Å². The number of anilines is 2. The molecule has 6 aromatic rings. The summed E-state index contributed by atoms with van der Waals surface area (Å²) in [5.41, 5.74) is 5.21. The third kappa shape index (κ3) is 5.60. The van der Waals surface area contributed by atoms with Crippen LogP contribution in [0, 0.1) is 0 Å². The number of carboxylic acid groups (broad SMARTS) is 2. The first kappa shape index (κ1) is 33.8. The summed E-state index contributed by atoms with van der Waals surface area (Å²) in [6.07, 6.45) is 3.81. The quantitative estimate of drug-likeness (QED) is 0.168. The highest BCUT2D eigenvalue weighted by Gasteiger charge is 2.34. The molecule has 0 radical (unpaired) electrons. The maximum Gasteiger partial charge on any atom is 0.355 e. The molecule has 8 rings (SSSR count). The molecule has 0 aliphatic carbocycles. The summed E-state index contributed by atoms with van der Waals surface area (Å²) in [7, 11) is 0. The summed E-state index contributed by atoms with van der Waals surface area (Å²) >= 11 is 26.6. The monoisotopic (exact) mass is 760 g/mol. The van der Waals surface area contributed by atoms with Gasteiger partial charge in [0.15, 0.2) is 11.4 Å². The van der Waals surface area contributed by atoms with Crippen molar-refractivity contribution in [3.63, 3.8) is 0 Å². The number of hydrogen-bond donors (Lipinski definition) is 2. The summed E-state index contributed by atoms with van der Waals surface area (Å²) in [5.74, 6) is -2.04. The van der Waals surface area contributed by atoms with E-state index in [1.807, 2.05) is 66.7 Å². The molecule has 2 N–H and O–H groups in total. The zero-order valence-corrected chi connectivity index (χ0v) is 30.3. The van der Waals surface area contributed by atoms with Crippen molar-refractivity contribution in [1.29, 1.82) is 0 Å². The summed E-state index contributed by atoms with van der Waals surface area (Å²) in [6, 6.07) is 24.3. The van der Waals surface area contributed by atoms with Gasteiger partial charge in [-0.25, -0.2) is 9.59 Å². The highest BCUT2D eigenvalue weighted by Crippen LogP contribution is 2.47. The standard InChI is InChI=1S/C39H32Cl4N4O4/c40-26-13-15-28-30(32(26)42)34(44-18-5-2-6-19-44)36(38(48)49)47(28)25-11-9-22(10-12-25)23-17-20-45(21-23)35-31-29(16-14-27(41)33(31)43)46(37(35)39(50)51)24-7-3-1-4-8-24/h1,3-4,7-16,23H,2,5-6,17-21H2,(H,48,49)(H,50,51). The zero-order valence-electron chi connectivity index (χ0n) is 27.3. The molecule has 1 unspecified atom stereocenters. The second kappa shape index (κ2) is 13.3. The van der Waals surface area contributed by atoms with Crippen LogP contribution < -0.4 is 9.80 Å². The molecule has 0 amide bonds. The number of aromatic nitrogens is 2. The molecule has 2 aromatic heterocycles. The number of carbonyl (C=O) groups is 2. The molecule has 2 aliphatic rings. The van der Waals surface area contributed by atoms with E-state index in [0.717, 1.165) is 44.3 Å². The van der Waals surface area contributed by atoms with Crippen LogP contribution in [0.5, 0.6) is 0 Å². The molecule has 4 aromatic carbocycles. The van der Waals surface area contributed by atoms with Crippen LogP contribution in [0.4, 0.5) is 11.4 Å². The van der Waals surface area contributed by atoms with E-state index in [9.17, 15) is 19.8 Å². The van der Waals surface area contributed by atoms with Crippen LogP contribution in [0.2, 0.25) is 20.1 Å². The van der Waals surface area contributed by atoms with Crippen LogP contribution in [0.15, 0.2) is 78.9 Å². The maximum atomic E-state index is 13.0. The van der Waals surface area contributed by atoms with Crippen molar-refractivity contribution in [2.45, 2.75) is 31.6 Å². The fraction of sp³-hybridized carbons (Fsp3) is 0.231. The molecule has 12 heteroatoms. The average molecular weight is 763 g/mol. The summed E-state index contributed by atoms with van der Waals surface area (Å²) in [4.78, 5) is 30.2. The fourth-order valence-electron chi connectivity index (χ4n) is 7.97. The third-order valence-electron chi connectivity index (χ3n) is 10.2. The van der Waals surface area contributed by atoms with Gasteiger partial charge in [-0.2, -0.15) is 0 Å². The van der Waals surface area contributed by atoms with Crippen molar-refractivity contribution < 1.29 is 19.8 Å². The van der Waals surface area contributed by atoms with E-state index >= 15 is 0 Å². The zero-order chi connectivity index (χ0) is 35.6. The number of para-hydroxylation sites is 1. The Morgan fingerprint density at radius 1 is 0.588 bits per heavy atom. The largest absolute Gasteiger partial charge is 0.476 e. The van der Waals surface area contributed by atoms with E-state index < -0.39 is 11.9 Å². The lowest BCUT2D eigenvalue weighted by atomic mass is 9.98. The van der Waals surface area contributed by atoms with Gasteiger partial charge in [0.05, 0.1) is 42.5 Å². The van der Waals surface area contributed by atoms with E-state index in [4.69, 9.17) is 46.4 Å². The molecule has 260 valence electrons. The van der Waals surface area contributed by atoms with Gasteiger partial charge in [-0.3, -0.25) is 0 Å². The lowest BCUT2D eigenvalue weighted by Gasteiger charge is -2.29. The number of benzene rings is 4. The average Bonchev–Trinajstić information content (AvgIpc) is 3.86. The SMILES string of the molecule is O=C(O)c1c(N2CCCCC2)c2c(Cl)c(Cl)ccc2n1-c1ccc(C2CCN(c3c(C(=O)O)n(-c4ccccc4)c4ccc(Cl)c(Cl)c34)C2)cc1. The normalized spacial score (nSPS) is 16.4. The number of carboxylic acids is 2. The lowest BCUT2D eigenvalue weighted by Crippen LogP contribution is -2.30. The predicted octanol–water partition coefficient (Wildman–Crippen LogP) is 10.6. The van der Waals surface area contributed by atoms with Crippen molar-refractivity contribution in [1.82, 2.24) is 9.13 Å². The highest BCUT2D eigenvalue weighted by atomic mass is 35.5. The topological polar surface area (TPSA) is 90.9 Å². The maximum absolute atomic E-state index is 13.0. The van der Waals surface area contributed by atoms with Crippen LogP contribution in [0.1, 0.15) is 58.1 Å². The Labute approximate surface area is 313 Å². The molecular weight excluding hydrogens is 730 g/mol. The number of halogens is 4. The number of aromatic carboxylic acids is 2. The molecule has 2 saturated heterocycles.